The molecule has 1 fully saturated rings. The van der Waals surface area contributed by atoms with Crippen molar-refractivity contribution in [1.82, 2.24) is 14.9 Å². The summed E-state index contributed by atoms with van der Waals surface area (Å²) in [7, 11) is 0. The first kappa shape index (κ1) is 17.2. The third-order valence-corrected chi connectivity index (χ3v) is 4.32. The molecule has 7 nitrogen and oxygen atoms in total. The molecule has 0 aliphatic carbocycles. The van der Waals surface area contributed by atoms with Gasteiger partial charge >= 0.3 is 5.97 Å². The summed E-state index contributed by atoms with van der Waals surface area (Å²) in [6.45, 7) is 5.14. The predicted molar refractivity (Wildman–Crippen MR) is 93.8 cm³/mol. The number of hydrogen-bond acceptors (Lipinski definition) is 6. The predicted octanol–water partition coefficient (Wildman–Crippen LogP) is 1.82. The second kappa shape index (κ2) is 7.94. The number of piperazine rings is 1. The van der Waals surface area contributed by atoms with Gasteiger partial charge in [-0.3, -0.25) is 14.7 Å². The quantitative estimate of drug-likeness (QED) is 0.858. The fraction of sp³-hybridized carbons (Fsp3) is 0.389. The first-order chi connectivity index (χ1) is 12.2. The summed E-state index contributed by atoms with van der Waals surface area (Å²) in [5.74, 6) is -0.486. The van der Waals surface area contributed by atoms with E-state index in [9.17, 15) is 9.90 Å². The zero-order valence-electron chi connectivity index (χ0n) is 14.2. The number of aromatic nitrogens is 2. The highest BCUT2D eigenvalue weighted by Gasteiger charge is 2.32. The molecule has 0 radical (unpaired) electrons. The number of carboxylic acids is 1. The van der Waals surface area contributed by atoms with Crippen LogP contribution in [0.3, 0.4) is 0 Å². The molecule has 0 aromatic carbocycles. The standard InChI is InChI=1S/C18H22N4O3/c1-2-25-17-15(4-3-7-20-17)16(18(23)24)22-12-10-21(11-13-22)14-5-8-19-9-6-14/h3-9,16H,2,10-13H2,1H3,(H,23,24)/t16-/m0/s1. The van der Waals surface area contributed by atoms with Crippen LogP contribution in [0, 0.1) is 0 Å². The second-order valence-corrected chi connectivity index (χ2v) is 5.80. The number of ether oxygens (including phenoxy) is 1. The Labute approximate surface area is 146 Å². The first-order valence-corrected chi connectivity index (χ1v) is 8.40. The Morgan fingerprint density at radius 1 is 1.20 bits per heavy atom. The van der Waals surface area contributed by atoms with Crippen molar-refractivity contribution in [3.8, 4) is 5.88 Å². The summed E-state index contributed by atoms with van der Waals surface area (Å²) in [6, 6.07) is 6.72. The lowest BCUT2D eigenvalue weighted by atomic mass is 10.1. The highest BCUT2D eigenvalue weighted by Crippen LogP contribution is 2.29. The monoisotopic (exact) mass is 342 g/mol. The van der Waals surface area contributed by atoms with Crippen molar-refractivity contribution in [2.24, 2.45) is 0 Å². The van der Waals surface area contributed by atoms with Crippen LogP contribution < -0.4 is 9.64 Å². The molecule has 3 rings (SSSR count). The lowest BCUT2D eigenvalue weighted by Gasteiger charge is -2.38. The van der Waals surface area contributed by atoms with Crippen molar-refractivity contribution in [3.05, 3.63) is 48.4 Å². The van der Waals surface area contributed by atoms with E-state index in [1.54, 1.807) is 30.7 Å². The molecule has 1 aliphatic rings. The van der Waals surface area contributed by atoms with E-state index in [1.807, 2.05) is 24.0 Å². The minimum Gasteiger partial charge on any atom is -0.480 e. The average molecular weight is 342 g/mol. The molecular formula is C18H22N4O3. The Balaban J connectivity index is 1.76. The number of hydrogen-bond donors (Lipinski definition) is 1. The molecule has 2 aromatic heterocycles. The maximum atomic E-state index is 12.0. The lowest BCUT2D eigenvalue weighted by Crippen LogP contribution is -2.49. The molecule has 0 spiro atoms. The van der Waals surface area contributed by atoms with E-state index >= 15 is 0 Å². The fourth-order valence-corrected chi connectivity index (χ4v) is 3.15. The molecule has 1 N–H and O–H groups in total. The number of carbonyl (C=O) groups is 1. The van der Waals surface area contributed by atoms with Gasteiger partial charge in [0, 0.05) is 56.0 Å². The second-order valence-electron chi connectivity index (χ2n) is 5.80. The van der Waals surface area contributed by atoms with Crippen molar-refractivity contribution in [2.75, 3.05) is 37.7 Å². The molecule has 1 aliphatic heterocycles. The van der Waals surface area contributed by atoms with Crippen LogP contribution in [0.15, 0.2) is 42.9 Å². The van der Waals surface area contributed by atoms with Crippen molar-refractivity contribution in [2.45, 2.75) is 13.0 Å². The van der Waals surface area contributed by atoms with Crippen molar-refractivity contribution < 1.29 is 14.6 Å². The number of pyridine rings is 2. The first-order valence-electron chi connectivity index (χ1n) is 8.40. The van der Waals surface area contributed by atoms with Gasteiger partial charge in [0.25, 0.3) is 0 Å². The summed E-state index contributed by atoms with van der Waals surface area (Å²) in [4.78, 5) is 24.4. The smallest absolute Gasteiger partial charge is 0.325 e. The molecule has 0 unspecified atom stereocenters. The molecule has 132 valence electrons. The van der Waals surface area contributed by atoms with E-state index in [4.69, 9.17) is 4.74 Å². The summed E-state index contributed by atoms with van der Waals surface area (Å²) in [6.07, 6.45) is 5.16. The molecule has 1 atom stereocenters. The third-order valence-electron chi connectivity index (χ3n) is 4.32. The van der Waals surface area contributed by atoms with Crippen molar-refractivity contribution >= 4 is 11.7 Å². The van der Waals surface area contributed by atoms with Crippen LogP contribution in [-0.4, -0.2) is 58.7 Å². The Morgan fingerprint density at radius 3 is 2.56 bits per heavy atom. The van der Waals surface area contributed by atoms with E-state index in [1.165, 1.54) is 0 Å². The zero-order valence-corrected chi connectivity index (χ0v) is 14.2. The van der Waals surface area contributed by atoms with Crippen LogP contribution in [0.4, 0.5) is 5.69 Å². The maximum absolute atomic E-state index is 12.0. The number of carboxylic acid groups (broad SMARTS) is 1. The van der Waals surface area contributed by atoms with E-state index in [0.29, 0.717) is 31.1 Å². The van der Waals surface area contributed by atoms with Gasteiger partial charge in [-0.25, -0.2) is 4.98 Å². The van der Waals surface area contributed by atoms with E-state index in [2.05, 4.69) is 14.9 Å². The summed E-state index contributed by atoms with van der Waals surface area (Å²) in [5, 5.41) is 9.81. The Morgan fingerprint density at radius 2 is 1.92 bits per heavy atom. The molecule has 0 saturated carbocycles. The third kappa shape index (κ3) is 3.88. The van der Waals surface area contributed by atoms with E-state index in [-0.39, 0.29) is 0 Å². The Bertz CT molecular complexity index is 702. The highest BCUT2D eigenvalue weighted by molar-refractivity contribution is 5.76. The van der Waals surface area contributed by atoms with Gasteiger partial charge in [0.1, 0.15) is 6.04 Å². The van der Waals surface area contributed by atoms with Crippen LogP contribution in [0.1, 0.15) is 18.5 Å². The van der Waals surface area contributed by atoms with Gasteiger partial charge in [-0.1, -0.05) is 0 Å². The van der Waals surface area contributed by atoms with Gasteiger partial charge in [-0.2, -0.15) is 0 Å². The van der Waals surface area contributed by atoms with Gasteiger partial charge in [-0.05, 0) is 31.2 Å². The van der Waals surface area contributed by atoms with Crippen molar-refractivity contribution in [1.29, 1.82) is 0 Å². The number of aliphatic carboxylic acids is 1. The van der Waals surface area contributed by atoms with Gasteiger partial charge in [0.2, 0.25) is 5.88 Å². The Kier molecular flexibility index (Phi) is 5.45. The van der Waals surface area contributed by atoms with Crippen LogP contribution >= 0.6 is 0 Å². The largest absolute Gasteiger partial charge is 0.480 e. The number of nitrogens with zero attached hydrogens (tertiary/aromatic N) is 4. The SMILES string of the molecule is CCOc1ncccc1[C@@H](C(=O)O)N1CCN(c2ccncc2)CC1. The summed E-state index contributed by atoms with van der Waals surface area (Å²) < 4.78 is 5.53. The van der Waals surface area contributed by atoms with Crippen LogP contribution in [0.25, 0.3) is 0 Å². The highest BCUT2D eigenvalue weighted by atomic mass is 16.5. The number of rotatable bonds is 6. The summed E-state index contributed by atoms with van der Waals surface area (Å²) in [5.41, 5.74) is 1.71. The summed E-state index contributed by atoms with van der Waals surface area (Å²) >= 11 is 0. The number of anilines is 1. The van der Waals surface area contributed by atoms with Gasteiger partial charge in [-0.15, -0.1) is 0 Å². The maximum Gasteiger partial charge on any atom is 0.325 e. The fourth-order valence-electron chi connectivity index (χ4n) is 3.15. The van der Waals surface area contributed by atoms with Crippen molar-refractivity contribution in [3.63, 3.8) is 0 Å². The molecule has 0 bridgehead atoms. The molecule has 25 heavy (non-hydrogen) atoms. The minimum absolute atomic E-state index is 0.397. The van der Waals surface area contributed by atoms with Crippen LogP contribution in [0.2, 0.25) is 0 Å². The van der Waals surface area contributed by atoms with Crippen LogP contribution in [-0.2, 0) is 4.79 Å². The van der Waals surface area contributed by atoms with Gasteiger partial charge in [0.15, 0.2) is 0 Å². The van der Waals surface area contributed by atoms with E-state index in [0.717, 1.165) is 18.8 Å². The molecule has 0 amide bonds. The average Bonchev–Trinajstić information content (AvgIpc) is 2.65. The lowest BCUT2D eigenvalue weighted by molar-refractivity contribution is -0.143. The Hall–Kier alpha value is -2.67. The molecule has 3 heterocycles. The molecule has 1 saturated heterocycles. The molecule has 7 heteroatoms. The molecular weight excluding hydrogens is 320 g/mol. The van der Waals surface area contributed by atoms with E-state index < -0.39 is 12.0 Å². The normalized spacial score (nSPS) is 16.4. The van der Waals surface area contributed by atoms with Gasteiger partial charge in [0.05, 0.1) is 6.61 Å². The van der Waals surface area contributed by atoms with Gasteiger partial charge < -0.3 is 14.7 Å². The molecule has 2 aromatic rings. The minimum atomic E-state index is -0.883. The van der Waals surface area contributed by atoms with Crippen LogP contribution in [0.5, 0.6) is 5.88 Å². The topological polar surface area (TPSA) is 78.8 Å². The zero-order chi connectivity index (χ0) is 17.6.